The van der Waals surface area contributed by atoms with Crippen LogP contribution in [-0.4, -0.2) is 73.3 Å². The zero-order valence-corrected chi connectivity index (χ0v) is 24.7. The van der Waals surface area contributed by atoms with Crippen molar-refractivity contribution >= 4 is 51.6 Å². The van der Waals surface area contributed by atoms with E-state index in [4.69, 9.17) is 15.0 Å². The van der Waals surface area contributed by atoms with E-state index in [2.05, 4.69) is 15.6 Å². The van der Waals surface area contributed by atoms with Crippen molar-refractivity contribution in [2.45, 2.75) is 56.9 Å². The molecule has 2 aliphatic carbocycles. The first-order chi connectivity index (χ1) is 19.3. The van der Waals surface area contributed by atoms with Crippen molar-refractivity contribution < 1.29 is 15.0 Å². The van der Waals surface area contributed by atoms with Gasteiger partial charge >= 0.3 is 0 Å². The maximum atomic E-state index is 12.7. The fraction of sp³-hybridized carbons (Fsp3) is 0.414. The van der Waals surface area contributed by atoms with Crippen LogP contribution in [0.25, 0.3) is 20.8 Å². The Kier molecular flexibility index (Phi) is 8.42. The number of carbonyl (C=O) groups is 1. The molecule has 1 amide bonds. The Morgan fingerprint density at radius 3 is 2.54 bits per heavy atom. The number of carbonyl (C=O) groups excluding carboxylic acids is 1. The van der Waals surface area contributed by atoms with E-state index in [1.54, 1.807) is 25.4 Å². The van der Waals surface area contributed by atoms with E-state index in [1.807, 2.05) is 49.5 Å². The number of halogens is 1. The minimum atomic E-state index is -1.18. The van der Waals surface area contributed by atoms with Crippen LogP contribution in [0.5, 0.6) is 0 Å². The SMILES string of the molecule is Cc1nc(NCc2ccccc2)nc(N[C@@H]2C[C@H](C(=O)N(C)C)[C@@H](O)[C@H]2O)c1-c1nc2c(C3CC3)nccc2s1.Cl. The first-order valence-electron chi connectivity index (χ1n) is 13.6. The number of thiazole rings is 1. The number of rotatable bonds is 8. The van der Waals surface area contributed by atoms with E-state index in [-0.39, 0.29) is 24.7 Å². The Bertz CT molecular complexity index is 1550. The maximum Gasteiger partial charge on any atom is 0.227 e. The van der Waals surface area contributed by atoms with Crippen molar-refractivity contribution in [3.63, 3.8) is 0 Å². The Balaban J connectivity index is 0.00000337. The first kappa shape index (κ1) is 29.1. The topological polar surface area (TPSA) is 136 Å². The van der Waals surface area contributed by atoms with Crippen LogP contribution in [0.4, 0.5) is 11.8 Å². The number of hydrogen-bond acceptors (Lipinski definition) is 10. The van der Waals surface area contributed by atoms with Gasteiger partial charge in [-0.1, -0.05) is 30.3 Å². The van der Waals surface area contributed by atoms with E-state index in [1.165, 1.54) is 4.90 Å². The molecule has 216 valence electrons. The van der Waals surface area contributed by atoms with Crippen molar-refractivity contribution in [3.8, 4) is 10.6 Å². The van der Waals surface area contributed by atoms with Crippen LogP contribution in [-0.2, 0) is 11.3 Å². The van der Waals surface area contributed by atoms with E-state index >= 15 is 0 Å². The lowest BCUT2D eigenvalue weighted by Crippen LogP contribution is -2.38. The number of pyridine rings is 1. The standard InChI is InChI=1S/C29H33N7O3S.ClH/c1-15-21(27-34-23-20(40-27)11-12-30-22(23)17-9-10-17)26(35-29(32-15)31-14-16-7-5-4-6-8-16)33-19-13-18(24(37)25(19)38)28(39)36(2)3;/h4-8,11-12,17-19,24-25,37-38H,9-10,13-14H2,1-3H3,(H2,31,32,33,35);1H/t18-,19+,24+,25-;/m0./s1. The van der Waals surface area contributed by atoms with Crippen LogP contribution in [0, 0.1) is 12.8 Å². The normalized spacial score (nSPS) is 21.9. The lowest BCUT2D eigenvalue weighted by molar-refractivity contribution is -0.136. The minimum absolute atomic E-state index is 0. The number of nitrogens with zero attached hydrogens (tertiary/aromatic N) is 5. The third-order valence-electron chi connectivity index (χ3n) is 7.66. The van der Waals surface area contributed by atoms with Crippen molar-refractivity contribution in [1.29, 1.82) is 0 Å². The van der Waals surface area contributed by atoms with Crippen LogP contribution < -0.4 is 10.6 Å². The molecule has 12 heteroatoms. The van der Waals surface area contributed by atoms with Gasteiger partial charge in [-0.3, -0.25) is 9.78 Å². The van der Waals surface area contributed by atoms with E-state index < -0.39 is 24.2 Å². The summed E-state index contributed by atoms with van der Waals surface area (Å²) in [5.41, 5.74) is 4.50. The van der Waals surface area contributed by atoms with Gasteiger partial charge in [-0.25, -0.2) is 9.97 Å². The predicted molar refractivity (Wildman–Crippen MR) is 162 cm³/mol. The number of benzene rings is 1. The highest BCUT2D eigenvalue weighted by Crippen LogP contribution is 2.44. The lowest BCUT2D eigenvalue weighted by Gasteiger charge is -2.21. The molecule has 0 radical (unpaired) electrons. The van der Waals surface area contributed by atoms with Crippen molar-refractivity contribution in [2.75, 3.05) is 24.7 Å². The van der Waals surface area contributed by atoms with Gasteiger partial charge in [-0.15, -0.1) is 23.7 Å². The van der Waals surface area contributed by atoms with Crippen LogP contribution in [0.15, 0.2) is 42.6 Å². The zero-order valence-electron chi connectivity index (χ0n) is 23.1. The highest BCUT2D eigenvalue weighted by Gasteiger charge is 2.46. The summed E-state index contributed by atoms with van der Waals surface area (Å²) in [5, 5.41) is 29.1. The molecule has 4 aromatic rings. The number of aromatic nitrogens is 4. The monoisotopic (exact) mass is 595 g/mol. The van der Waals surface area contributed by atoms with Gasteiger partial charge < -0.3 is 25.7 Å². The molecule has 10 nitrogen and oxygen atoms in total. The molecule has 0 bridgehead atoms. The summed E-state index contributed by atoms with van der Waals surface area (Å²) in [4.78, 5) is 33.3. The van der Waals surface area contributed by atoms with Crippen molar-refractivity contribution in [2.24, 2.45) is 5.92 Å². The quantitative estimate of drug-likeness (QED) is 0.238. The first-order valence-corrected chi connectivity index (χ1v) is 14.4. The van der Waals surface area contributed by atoms with Gasteiger partial charge in [0.2, 0.25) is 11.9 Å². The molecule has 0 aliphatic heterocycles. The molecule has 4 N–H and O–H groups in total. The number of aryl methyl sites for hydroxylation is 1. The van der Waals surface area contributed by atoms with Gasteiger partial charge in [0, 0.05) is 32.8 Å². The Hall–Kier alpha value is -3.38. The Morgan fingerprint density at radius 1 is 1.07 bits per heavy atom. The summed E-state index contributed by atoms with van der Waals surface area (Å²) in [6.07, 6.45) is 2.05. The van der Waals surface area contributed by atoms with E-state index in [0.717, 1.165) is 50.6 Å². The van der Waals surface area contributed by atoms with E-state index in [9.17, 15) is 15.0 Å². The molecule has 1 aromatic carbocycles. The number of fused-ring (bicyclic) bond motifs is 1. The second kappa shape index (κ2) is 11.8. The number of aliphatic hydroxyl groups is 2. The molecule has 4 atom stereocenters. The molecule has 2 saturated carbocycles. The van der Waals surface area contributed by atoms with Gasteiger partial charge in [0.1, 0.15) is 22.4 Å². The fourth-order valence-electron chi connectivity index (χ4n) is 5.35. The third kappa shape index (κ3) is 5.85. The summed E-state index contributed by atoms with van der Waals surface area (Å²) >= 11 is 1.56. The molecule has 2 fully saturated rings. The molecular weight excluding hydrogens is 562 g/mol. The van der Waals surface area contributed by atoms with Gasteiger partial charge in [-0.2, -0.15) is 4.98 Å². The number of aliphatic hydroxyl groups excluding tert-OH is 2. The highest BCUT2D eigenvalue weighted by atomic mass is 35.5. The van der Waals surface area contributed by atoms with Gasteiger partial charge in [0.05, 0.1) is 39.7 Å². The Labute approximate surface area is 248 Å². The van der Waals surface area contributed by atoms with Crippen LogP contribution in [0.3, 0.4) is 0 Å². The summed E-state index contributed by atoms with van der Waals surface area (Å²) < 4.78 is 1.05. The summed E-state index contributed by atoms with van der Waals surface area (Å²) in [6, 6.07) is 11.4. The molecule has 41 heavy (non-hydrogen) atoms. The average Bonchev–Trinajstić information content (AvgIpc) is 3.64. The lowest BCUT2D eigenvalue weighted by atomic mass is 10.0. The van der Waals surface area contributed by atoms with Crippen LogP contribution in [0.1, 0.15) is 42.1 Å². The van der Waals surface area contributed by atoms with E-state index in [0.29, 0.717) is 24.2 Å². The third-order valence-corrected chi connectivity index (χ3v) is 8.70. The fourth-order valence-corrected chi connectivity index (χ4v) is 6.42. The van der Waals surface area contributed by atoms with Gasteiger partial charge in [0.15, 0.2) is 0 Å². The molecule has 3 heterocycles. The largest absolute Gasteiger partial charge is 0.390 e. The molecule has 2 aliphatic rings. The van der Waals surface area contributed by atoms with Crippen molar-refractivity contribution in [3.05, 3.63) is 59.5 Å². The molecule has 0 saturated heterocycles. The highest BCUT2D eigenvalue weighted by molar-refractivity contribution is 7.21. The maximum absolute atomic E-state index is 12.7. The summed E-state index contributed by atoms with van der Waals surface area (Å²) in [5.74, 6) is 0.463. The number of anilines is 2. The number of nitrogens with one attached hydrogen (secondary N) is 2. The molecular formula is C29H34ClN7O3S. The summed E-state index contributed by atoms with van der Waals surface area (Å²) in [7, 11) is 3.30. The van der Waals surface area contributed by atoms with Crippen LogP contribution in [0.2, 0.25) is 0 Å². The molecule has 6 rings (SSSR count). The van der Waals surface area contributed by atoms with Crippen LogP contribution >= 0.6 is 23.7 Å². The smallest absolute Gasteiger partial charge is 0.227 e. The summed E-state index contributed by atoms with van der Waals surface area (Å²) in [6.45, 7) is 2.46. The molecule has 0 spiro atoms. The van der Waals surface area contributed by atoms with Gasteiger partial charge in [0.25, 0.3) is 0 Å². The predicted octanol–water partition coefficient (Wildman–Crippen LogP) is 3.98. The zero-order chi connectivity index (χ0) is 28.0. The second-order valence-electron chi connectivity index (χ2n) is 10.8. The molecule has 0 unspecified atom stereocenters. The number of amides is 1. The Morgan fingerprint density at radius 2 is 1.83 bits per heavy atom. The second-order valence-corrected chi connectivity index (χ2v) is 11.9. The minimum Gasteiger partial charge on any atom is -0.390 e. The van der Waals surface area contributed by atoms with Crippen molar-refractivity contribution in [1.82, 2.24) is 24.8 Å². The van der Waals surface area contributed by atoms with Gasteiger partial charge in [-0.05, 0) is 37.8 Å². The number of hydrogen-bond donors (Lipinski definition) is 4. The average molecular weight is 596 g/mol. The molecule has 3 aromatic heterocycles.